The van der Waals surface area contributed by atoms with Crippen LogP contribution in [0.15, 0.2) is 66.0 Å². The highest BCUT2D eigenvalue weighted by molar-refractivity contribution is 7.10. The first kappa shape index (κ1) is 19.2. The molecule has 142 valence electrons. The topological polar surface area (TPSA) is 115 Å². The summed E-state index contributed by atoms with van der Waals surface area (Å²) in [5, 5.41) is 26.7. The molecule has 1 N–H and O–H groups in total. The molecule has 3 aromatic rings. The van der Waals surface area contributed by atoms with Crippen LogP contribution in [0.2, 0.25) is 0 Å². The molecule has 2 aromatic carbocycles. The van der Waals surface area contributed by atoms with Gasteiger partial charge in [0.1, 0.15) is 0 Å². The first-order chi connectivity index (χ1) is 13.4. The number of hydrogen-bond acceptors (Lipinski definition) is 7. The Bertz CT molecular complexity index is 985. The Kier molecular flexibility index (Phi) is 5.75. The quantitative estimate of drug-likeness (QED) is 0.325. The van der Waals surface area contributed by atoms with E-state index in [4.69, 9.17) is 0 Å². The van der Waals surface area contributed by atoms with E-state index >= 15 is 0 Å². The van der Waals surface area contributed by atoms with Crippen LogP contribution in [0.5, 0.6) is 0 Å². The fourth-order valence-corrected chi connectivity index (χ4v) is 3.44. The SMILES string of the molecule is O=C(CC(Nc1ccc([N+](=O)[O-])cc1)c1cccs1)c1ccc([N+](=O)[O-])cc1. The summed E-state index contributed by atoms with van der Waals surface area (Å²) in [6.07, 6.45) is 0.134. The molecule has 3 rings (SSSR count). The third-order valence-electron chi connectivity index (χ3n) is 4.10. The van der Waals surface area contributed by atoms with Crippen molar-refractivity contribution in [1.29, 1.82) is 0 Å². The number of nitrogens with one attached hydrogen (secondary N) is 1. The van der Waals surface area contributed by atoms with Gasteiger partial charge in [0, 0.05) is 46.8 Å². The lowest BCUT2D eigenvalue weighted by atomic mass is 10.0. The lowest BCUT2D eigenvalue weighted by Crippen LogP contribution is -2.15. The average Bonchev–Trinajstić information content (AvgIpc) is 3.22. The minimum Gasteiger partial charge on any atom is -0.377 e. The molecule has 28 heavy (non-hydrogen) atoms. The maximum absolute atomic E-state index is 12.7. The van der Waals surface area contributed by atoms with Crippen molar-refractivity contribution in [1.82, 2.24) is 0 Å². The van der Waals surface area contributed by atoms with E-state index in [0.717, 1.165) is 4.88 Å². The monoisotopic (exact) mass is 397 g/mol. The molecule has 0 saturated carbocycles. The molecule has 8 nitrogen and oxygen atoms in total. The van der Waals surface area contributed by atoms with Gasteiger partial charge < -0.3 is 5.32 Å². The number of carbonyl (C=O) groups excluding carboxylic acids is 1. The highest BCUT2D eigenvalue weighted by Gasteiger charge is 2.19. The number of nitro groups is 2. The van der Waals surface area contributed by atoms with E-state index in [1.54, 1.807) is 12.1 Å². The summed E-state index contributed by atoms with van der Waals surface area (Å²) in [5.74, 6) is -0.164. The number of anilines is 1. The minimum absolute atomic E-state index is 0.0137. The number of Topliss-reactive ketones (excluding diaryl/α,β-unsaturated/α-hetero) is 1. The van der Waals surface area contributed by atoms with Gasteiger partial charge in [0.25, 0.3) is 11.4 Å². The Morgan fingerprint density at radius 2 is 1.50 bits per heavy atom. The summed E-state index contributed by atoms with van der Waals surface area (Å²) < 4.78 is 0. The number of non-ortho nitro benzene ring substituents is 2. The Balaban J connectivity index is 1.77. The number of ketones is 1. The van der Waals surface area contributed by atoms with Crippen molar-refractivity contribution in [3.05, 3.63) is 96.7 Å². The summed E-state index contributed by atoms with van der Waals surface area (Å²) in [7, 11) is 0. The second kappa shape index (κ2) is 8.40. The Morgan fingerprint density at radius 1 is 0.929 bits per heavy atom. The average molecular weight is 397 g/mol. The largest absolute Gasteiger partial charge is 0.377 e. The van der Waals surface area contributed by atoms with Crippen LogP contribution in [0, 0.1) is 20.2 Å². The van der Waals surface area contributed by atoms with E-state index in [2.05, 4.69) is 5.32 Å². The zero-order valence-corrected chi connectivity index (χ0v) is 15.3. The van der Waals surface area contributed by atoms with Gasteiger partial charge in [0.05, 0.1) is 15.9 Å². The maximum Gasteiger partial charge on any atom is 0.269 e. The van der Waals surface area contributed by atoms with Gasteiger partial charge in [0.15, 0.2) is 5.78 Å². The van der Waals surface area contributed by atoms with Gasteiger partial charge in [-0.2, -0.15) is 0 Å². The number of thiophene rings is 1. The smallest absolute Gasteiger partial charge is 0.269 e. The molecule has 0 fully saturated rings. The van der Waals surface area contributed by atoms with Crippen molar-refractivity contribution >= 4 is 34.2 Å². The molecule has 9 heteroatoms. The predicted molar refractivity (Wildman–Crippen MR) is 106 cm³/mol. The lowest BCUT2D eigenvalue weighted by molar-refractivity contribution is -0.385. The number of benzene rings is 2. The number of nitrogens with zero attached hydrogens (tertiary/aromatic N) is 2. The molecule has 0 radical (unpaired) electrons. The molecule has 0 aliphatic rings. The van der Waals surface area contributed by atoms with E-state index in [0.29, 0.717) is 11.3 Å². The second-order valence-electron chi connectivity index (χ2n) is 5.95. The Hall–Kier alpha value is -3.59. The zero-order valence-electron chi connectivity index (χ0n) is 14.5. The van der Waals surface area contributed by atoms with Crippen molar-refractivity contribution in [3.8, 4) is 0 Å². The highest BCUT2D eigenvalue weighted by Crippen LogP contribution is 2.29. The molecule has 0 bridgehead atoms. The van der Waals surface area contributed by atoms with Crippen LogP contribution in [0.3, 0.4) is 0 Å². The molecule has 0 amide bonds. The summed E-state index contributed by atoms with van der Waals surface area (Å²) in [6.45, 7) is 0. The number of rotatable bonds is 8. The molecule has 1 aromatic heterocycles. The van der Waals surface area contributed by atoms with Crippen LogP contribution in [-0.4, -0.2) is 15.6 Å². The molecular weight excluding hydrogens is 382 g/mol. The van der Waals surface area contributed by atoms with Crippen molar-refractivity contribution < 1.29 is 14.6 Å². The van der Waals surface area contributed by atoms with E-state index in [9.17, 15) is 25.0 Å². The van der Waals surface area contributed by atoms with Gasteiger partial charge in [-0.15, -0.1) is 11.3 Å². The van der Waals surface area contributed by atoms with Crippen molar-refractivity contribution in [2.75, 3.05) is 5.32 Å². The van der Waals surface area contributed by atoms with Gasteiger partial charge in [-0.3, -0.25) is 25.0 Å². The van der Waals surface area contributed by atoms with Crippen LogP contribution in [0.4, 0.5) is 17.1 Å². The normalized spacial score (nSPS) is 11.6. The standard InChI is InChI=1S/C19H15N3O5S/c23-18(13-3-7-15(8-4-13)21(24)25)12-17(19-2-1-11-28-19)20-14-5-9-16(10-6-14)22(26)27/h1-11,17,20H,12H2. The third kappa shape index (κ3) is 4.57. The number of hydrogen-bond donors (Lipinski definition) is 1. The molecule has 1 unspecified atom stereocenters. The molecule has 0 spiro atoms. The van der Waals surface area contributed by atoms with Crippen LogP contribution < -0.4 is 5.32 Å². The highest BCUT2D eigenvalue weighted by atomic mass is 32.1. The van der Waals surface area contributed by atoms with Crippen LogP contribution >= 0.6 is 11.3 Å². The predicted octanol–water partition coefficient (Wildman–Crippen LogP) is 4.99. The van der Waals surface area contributed by atoms with E-state index in [-0.39, 0.29) is 29.6 Å². The molecular formula is C19H15N3O5S. The number of nitro benzene ring substituents is 2. The molecule has 1 atom stereocenters. The molecule has 0 aliphatic heterocycles. The summed E-state index contributed by atoms with van der Waals surface area (Å²) in [4.78, 5) is 34.2. The Morgan fingerprint density at radius 3 is 2.00 bits per heavy atom. The Labute approximate surface area is 163 Å². The first-order valence-corrected chi connectivity index (χ1v) is 9.14. The zero-order chi connectivity index (χ0) is 20.1. The van der Waals surface area contributed by atoms with Crippen molar-refractivity contribution in [3.63, 3.8) is 0 Å². The van der Waals surface area contributed by atoms with Crippen LogP contribution in [-0.2, 0) is 0 Å². The van der Waals surface area contributed by atoms with Crippen LogP contribution in [0.1, 0.15) is 27.7 Å². The third-order valence-corrected chi connectivity index (χ3v) is 5.08. The number of carbonyl (C=O) groups is 1. The van der Waals surface area contributed by atoms with E-state index in [1.807, 2.05) is 17.5 Å². The molecule has 1 heterocycles. The summed E-state index contributed by atoms with van der Waals surface area (Å²) in [6, 6.07) is 14.9. The van der Waals surface area contributed by atoms with Gasteiger partial charge in [-0.25, -0.2) is 0 Å². The van der Waals surface area contributed by atoms with Gasteiger partial charge in [-0.05, 0) is 35.7 Å². The first-order valence-electron chi connectivity index (χ1n) is 8.26. The fourth-order valence-electron chi connectivity index (χ4n) is 2.67. The van der Waals surface area contributed by atoms with E-state index < -0.39 is 9.85 Å². The minimum atomic E-state index is -0.515. The van der Waals surface area contributed by atoms with E-state index in [1.165, 1.54) is 47.7 Å². The lowest BCUT2D eigenvalue weighted by Gasteiger charge is -2.18. The summed E-state index contributed by atoms with van der Waals surface area (Å²) >= 11 is 1.49. The van der Waals surface area contributed by atoms with Crippen molar-refractivity contribution in [2.24, 2.45) is 0 Å². The van der Waals surface area contributed by atoms with Gasteiger partial charge in [-0.1, -0.05) is 6.07 Å². The molecule has 0 saturated heterocycles. The summed E-state index contributed by atoms with van der Waals surface area (Å²) in [5.41, 5.74) is 0.952. The molecule has 0 aliphatic carbocycles. The van der Waals surface area contributed by atoms with Gasteiger partial charge in [0.2, 0.25) is 0 Å². The second-order valence-corrected chi connectivity index (χ2v) is 6.93. The van der Waals surface area contributed by atoms with Crippen LogP contribution in [0.25, 0.3) is 0 Å². The maximum atomic E-state index is 12.7. The van der Waals surface area contributed by atoms with Crippen molar-refractivity contribution in [2.45, 2.75) is 12.5 Å². The van der Waals surface area contributed by atoms with Gasteiger partial charge >= 0.3 is 0 Å². The fraction of sp³-hybridized carbons (Fsp3) is 0.105.